The third-order valence-corrected chi connectivity index (χ3v) is 6.22. The highest BCUT2D eigenvalue weighted by Crippen LogP contribution is 2.24. The summed E-state index contributed by atoms with van der Waals surface area (Å²) >= 11 is 1.53. The molecule has 3 rings (SSSR count). The van der Waals surface area contributed by atoms with E-state index in [9.17, 15) is 9.59 Å². The Balaban J connectivity index is 1.85. The zero-order valence-corrected chi connectivity index (χ0v) is 20.1. The van der Waals surface area contributed by atoms with Gasteiger partial charge >= 0.3 is 0 Å². The van der Waals surface area contributed by atoms with Gasteiger partial charge in [-0.15, -0.1) is 11.3 Å². The lowest BCUT2D eigenvalue weighted by Crippen LogP contribution is -2.45. The van der Waals surface area contributed by atoms with Gasteiger partial charge in [-0.1, -0.05) is 48.0 Å². The van der Waals surface area contributed by atoms with Crippen LogP contribution < -0.4 is 10.1 Å². The summed E-state index contributed by atoms with van der Waals surface area (Å²) in [5.74, 6) is 0.414. The van der Waals surface area contributed by atoms with Crippen LogP contribution in [0.1, 0.15) is 27.6 Å². The summed E-state index contributed by atoms with van der Waals surface area (Å²) < 4.78 is 10.5. The van der Waals surface area contributed by atoms with Gasteiger partial charge in [-0.05, 0) is 41.6 Å². The number of methoxy groups -OCH3 is 2. The van der Waals surface area contributed by atoms with Gasteiger partial charge in [-0.2, -0.15) is 0 Å². The maximum Gasteiger partial charge on any atom is 0.247 e. The van der Waals surface area contributed by atoms with E-state index in [-0.39, 0.29) is 18.2 Å². The molecular formula is C26H30N2O4S. The van der Waals surface area contributed by atoms with Crippen molar-refractivity contribution in [2.24, 2.45) is 0 Å². The predicted molar refractivity (Wildman–Crippen MR) is 130 cm³/mol. The number of nitrogens with zero attached hydrogens (tertiary/aromatic N) is 1. The first-order valence-electron chi connectivity index (χ1n) is 10.8. The molecule has 1 N–H and O–H groups in total. The van der Waals surface area contributed by atoms with Crippen molar-refractivity contribution < 1.29 is 19.1 Å². The average Bonchev–Trinajstić information content (AvgIpc) is 3.34. The number of aryl methyl sites for hydroxylation is 1. The van der Waals surface area contributed by atoms with Gasteiger partial charge in [0.1, 0.15) is 11.8 Å². The van der Waals surface area contributed by atoms with Crippen molar-refractivity contribution in [3.8, 4) is 5.75 Å². The Morgan fingerprint density at radius 3 is 2.36 bits per heavy atom. The van der Waals surface area contributed by atoms with E-state index in [1.54, 1.807) is 19.1 Å². The molecule has 0 saturated heterocycles. The Labute approximate surface area is 199 Å². The number of carbonyl (C=O) groups excluding carboxylic acids is 2. The Morgan fingerprint density at radius 2 is 1.76 bits per heavy atom. The van der Waals surface area contributed by atoms with E-state index < -0.39 is 6.04 Å². The number of ether oxygens (including phenoxy) is 2. The van der Waals surface area contributed by atoms with E-state index >= 15 is 0 Å². The number of rotatable bonds is 11. The van der Waals surface area contributed by atoms with Crippen molar-refractivity contribution in [1.82, 2.24) is 10.2 Å². The number of amides is 2. The lowest BCUT2D eigenvalue weighted by molar-refractivity contribution is -0.141. The first-order chi connectivity index (χ1) is 16.0. The lowest BCUT2D eigenvalue weighted by atomic mass is 10.0. The van der Waals surface area contributed by atoms with Crippen molar-refractivity contribution in [2.45, 2.75) is 25.9 Å². The summed E-state index contributed by atoms with van der Waals surface area (Å²) in [5, 5.41) is 4.95. The van der Waals surface area contributed by atoms with E-state index in [1.807, 2.05) is 73.0 Å². The second-order valence-corrected chi connectivity index (χ2v) is 8.75. The molecule has 2 aromatic carbocycles. The minimum absolute atomic E-state index is 0.111. The Hall–Kier alpha value is -3.16. The van der Waals surface area contributed by atoms with Gasteiger partial charge in [0.25, 0.3) is 0 Å². The largest absolute Gasteiger partial charge is 0.497 e. The highest BCUT2D eigenvalue weighted by Gasteiger charge is 2.31. The minimum Gasteiger partial charge on any atom is -0.497 e. The predicted octanol–water partition coefficient (Wildman–Crippen LogP) is 4.14. The molecule has 0 aliphatic rings. The molecule has 6 nitrogen and oxygen atoms in total. The summed E-state index contributed by atoms with van der Waals surface area (Å²) in [5.41, 5.74) is 2.80. The lowest BCUT2D eigenvalue weighted by Gasteiger charge is -2.31. The molecule has 1 aromatic heterocycles. The van der Waals surface area contributed by atoms with Crippen LogP contribution >= 0.6 is 11.3 Å². The topological polar surface area (TPSA) is 67.9 Å². The fourth-order valence-corrected chi connectivity index (χ4v) is 4.20. The quantitative estimate of drug-likeness (QED) is 0.461. The van der Waals surface area contributed by atoms with Crippen molar-refractivity contribution in [1.29, 1.82) is 0 Å². The first-order valence-corrected chi connectivity index (χ1v) is 11.7. The number of carbonyl (C=O) groups is 2. The number of hydrogen-bond donors (Lipinski definition) is 1. The van der Waals surface area contributed by atoms with Crippen LogP contribution in [0.2, 0.25) is 0 Å². The monoisotopic (exact) mass is 466 g/mol. The van der Waals surface area contributed by atoms with E-state index in [2.05, 4.69) is 5.32 Å². The minimum atomic E-state index is -0.758. The van der Waals surface area contributed by atoms with E-state index in [0.717, 1.165) is 27.3 Å². The van der Waals surface area contributed by atoms with Gasteiger partial charge in [0.2, 0.25) is 11.8 Å². The first kappa shape index (κ1) is 24.5. The second-order valence-electron chi connectivity index (χ2n) is 7.72. The number of nitrogens with one attached hydrogen (secondary N) is 1. The van der Waals surface area contributed by atoms with Gasteiger partial charge in [-0.25, -0.2) is 0 Å². The van der Waals surface area contributed by atoms with Crippen LogP contribution in [0.15, 0.2) is 66.0 Å². The summed E-state index contributed by atoms with van der Waals surface area (Å²) in [6.07, 6.45) is 0.246. The Morgan fingerprint density at radius 1 is 1.03 bits per heavy atom. The third kappa shape index (κ3) is 6.91. The standard InChI is InChI=1S/C26H30N2O4S/c1-19-6-10-21(11-7-19)25(26(30)27-18-20-8-12-22(32-3)13-9-20)28(14-15-31-2)24(29)17-23-5-4-16-33-23/h4-13,16,25H,14-15,17-18H2,1-3H3,(H,27,30)/t25-/m1/s1. The molecule has 0 saturated carbocycles. The van der Waals surface area contributed by atoms with Gasteiger partial charge in [-0.3, -0.25) is 9.59 Å². The highest BCUT2D eigenvalue weighted by atomic mass is 32.1. The zero-order chi connectivity index (χ0) is 23.6. The molecule has 0 bridgehead atoms. The normalized spacial score (nSPS) is 11.6. The molecule has 1 atom stereocenters. The SMILES string of the molecule is COCCN(C(=O)Cc1cccs1)[C@@H](C(=O)NCc1ccc(OC)cc1)c1ccc(C)cc1. The van der Waals surface area contributed by atoms with E-state index in [0.29, 0.717) is 19.7 Å². The molecule has 0 unspecified atom stereocenters. The van der Waals surface area contributed by atoms with Crippen LogP contribution in [0.25, 0.3) is 0 Å². The highest BCUT2D eigenvalue weighted by molar-refractivity contribution is 7.10. The fraction of sp³-hybridized carbons (Fsp3) is 0.308. The molecule has 3 aromatic rings. The molecule has 2 amide bonds. The Kier molecular flexibility index (Phi) is 9.04. The van der Waals surface area contributed by atoms with Gasteiger partial charge in [0.05, 0.1) is 20.1 Å². The van der Waals surface area contributed by atoms with E-state index in [4.69, 9.17) is 9.47 Å². The average molecular weight is 467 g/mol. The maximum atomic E-state index is 13.5. The maximum absolute atomic E-state index is 13.5. The van der Waals surface area contributed by atoms with Gasteiger partial charge in [0, 0.05) is 25.1 Å². The summed E-state index contributed by atoms with van der Waals surface area (Å²) in [4.78, 5) is 29.4. The molecule has 7 heteroatoms. The summed E-state index contributed by atoms with van der Waals surface area (Å²) in [7, 11) is 3.21. The van der Waals surface area contributed by atoms with Gasteiger partial charge in [0.15, 0.2) is 0 Å². The molecular weight excluding hydrogens is 436 g/mol. The van der Waals surface area contributed by atoms with Crippen molar-refractivity contribution in [2.75, 3.05) is 27.4 Å². The fourth-order valence-electron chi connectivity index (χ4n) is 3.50. The second kappa shape index (κ2) is 12.2. The van der Waals surface area contributed by atoms with Crippen molar-refractivity contribution in [3.05, 3.63) is 87.6 Å². The molecule has 174 valence electrons. The molecule has 0 fully saturated rings. The van der Waals surface area contributed by atoms with E-state index in [1.165, 1.54) is 11.3 Å². The third-order valence-electron chi connectivity index (χ3n) is 5.34. The van der Waals surface area contributed by atoms with Gasteiger partial charge < -0.3 is 19.7 Å². The molecule has 33 heavy (non-hydrogen) atoms. The molecule has 0 radical (unpaired) electrons. The zero-order valence-electron chi connectivity index (χ0n) is 19.2. The number of hydrogen-bond acceptors (Lipinski definition) is 5. The number of thiophene rings is 1. The number of benzene rings is 2. The van der Waals surface area contributed by atoms with Crippen molar-refractivity contribution in [3.63, 3.8) is 0 Å². The molecule has 0 aliphatic heterocycles. The molecule has 0 spiro atoms. The summed E-state index contributed by atoms with van der Waals surface area (Å²) in [6.45, 7) is 3.00. The van der Waals surface area contributed by atoms with Crippen molar-refractivity contribution >= 4 is 23.2 Å². The van der Waals surface area contributed by atoms with Crippen LogP contribution in [0.3, 0.4) is 0 Å². The van der Waals surface area contributed by atoms with Crippen LogP contribution in [-0.4, -0.2) is 44.1 Å². The molecule has 0 aliphatic carbocycles. The smallest absolute Gasteiger partial charge is 0.247 e. The molecule has 1 heterocycles. The Bertz CT molecular complexity index is 1020. The van der Waals surface area contributed by atoms with Crippen LogP contribution in [0, 0.1) is 6.92 Å². The van der Waals surface area contributed by atoms with Crippen LogP contribution in [0.5, 0.6) is 5.75 Å². The van der Waals surface area contributed by atoms with Crippen LogP contribution in [0.4, 0.5) is 0 Å². The summed E-state index contributed by atoms with van der Waals surface area (Å²) in [6, 6.07) is 18.3. The van der Waals surface area contributed by atoms with Crippen LogP contribution in [-0.2, 0) is 27.3 Å².